The summed E-state index contributed by atoms with van der Waals surface area (Å²) in [6.07, 6.45) is 3.51. The minimum absolute atomic E-state index is 0.00392. The standard InChI is InChI=1S/C14H17N3O3/c1-2-7-18-13(6-1)17-11-4-3-5-12(14(11)15-16-17)20-9-10-8-19-10/h3-5,10,13H,1-2,6-9H2/t10?,13-/m1/s1. The van der Waals surface area contributed by atoms with Crippen molar-refractivity contribution in [1.29, 1.82) is 0 Å². The molecular formula is C14H17N3O3. The third-order valence-electron chi connectivity index (χ3n) is 3.72. The smallest absolute Gasteiger partial charge is 0.155 e. The van der Waals surface area contributed by atoms with Gasteiger partial charge < -0.3 is 14.2 Å². The predicted octanol–water partition coefficient (Wildman–Crippen LogP) is 1.91. The van der Waals surface area contributed by atoms with Gasteiger partial charge in [-0.3, -0.25) is 0 Å². The van der Waals surface area contributed by atoms with Gasteiger partial charge in [0.25, 0.3) is 0 Å². The van der Waals surface area contributed by atoms with Crippen LogP contribution in [0.4, 0.5) is 0 Å². The van der Waals surface area contributed by atoms with Gasteiger partial charge in [0.2, 0.25) is 0 Å². The molecule has 0 aliphatic carbocycles. The molecule has 0 amide bonds. The van der Waals surface area contributed by atoms with Crippen molar-refractivity contribution in [2.45, 2.75) is 31.6 Å². The highest BCUT2D eigenvalue weighted by atomic mass is 16.6. The molecule has 0 spiro atoms. The summed E-state index contributed by atoms with van der Waals surface area (Å²) in [4.78, 5) is 0. The normalized spacial score (nSPS) is 25.8. The topological polar surface area (TPSA) is 61.7 Å². The zero-order valence-electron chi connectivity index (χ0n) is 11.2. The van der Waals surface area contributed by atoms with E-state index >= 15 is 0 Å². The number of rotatable bonds is 4. The van der Waals surface area contributed by atoms with Crippen LogP contribution in [0, 0.1) is 0 Å². The summed E-state index contributed by atoms with van der Waals surface area (Å²) >= 11 is 0. The Kier molecular flexibility index (Phi) is 3.05. The number of hydrogen-bond acceptors (Lipinski definition) is 5. The molecule has 2 fully saturated rings. The molecule has 1 aromatic heterocycles. The molecule has 0 bridgehead atoms. The number of nitrogens with zero attached hydrogens (tertiary/aromatic N) is 3. The minimum Gasteiger partial charge on any atom is -0.488 e. The Bertz CT molecular complexity index is 603. The highest BCUT2D eigenvalue weighted by molar-refractivity contribution is 5.81. The third kappa shape index (κ3) is 2.25. The predicted molar refractivity (Wildman–Crippen MR) is 71.6 cm³/mol. The molecule has 6 nitrogen and oxygen atoms in total. The first kappa shape index (κ1) is 12.1. The van der Waals surface area contributed by atoms with Crippen molar-refractivity contribution in [2.24, 2.45) is 0 Å². The average molecular weight is 275 g/mol. The Morgan fingerprint density at radius 1 is 1.30 bits per heavy atom. The fourth-order valence-corrected chi connectivity index (χ4v) is 2.53. The van der Waals surface area contributed by atoms with Crippen LogP contribution < -0.4 is 4.74 Å². The van der Waals surface area contributed by atoms with Crippen LogP contribution in [0.1, 0.15) is 25.5 Å². The number of epoxide rings is 1. The van der Waals surface area contributed by atoms with Crippen LogP contribution in [0.3, 0.4) is 0 Å². The lowest BCUT2D eigenvalue weighted by molar-refractivity contribution is -0.0377. The third-order valence-corrected chi connectivity index (χ3v) is 3.72. The van der Waals surface area contributed by atoms with E-state index in [1.54, 1.807) is 0 Å². The van der Waals surface area contributed by atoms with Crippen molar-refractivity contribution >= 4 is 11.0 Å². The summed E-state index contributed by atoms with van der Waals surface area (Å²) in [5.41, 5.74) is 1.76. The van der Waals surface area contributed by atoms with E-state index < -0.39 is 0 Å². The molecule has 3 heterocycles. The van der Waals surface area contributed by atoms with Crippen LogP contribution in [0.15, 0.2) is 18.2 Å². The second-order valence-electron chi connectivity index (χ2n) is 5.25. The van der Waals surface area contributed by atoms with E-state index in [1.807, 2.05) is 22.9 Å². The van der Waals surface area contributed by atoms with Gasteiger partial charge in [-0.05, 0) is 31.4 Å². The summed E-state index contributed by atoms with van der Waals surface area (Å²) in [7, 11) is 0. The Morgan fingerprint density at radius 2 is 2.25 bits per heavy atom. The highest BCUT2D eigenvalue weighted by Gasteiger charge is 2.24. The summed E-state index contributed by atoms with van der Waals surface area (Å²) in [6, 6.07) is 5.90. The lowest BCUT2D eigenvalue weighted by atomic mass is 10.2. The first-order valence-corrected chi connectivity index (χ1v) is 7.12. The number of fused-ring (bicyclic) bond motifs is 1. The second-order valence-corrected chi connectivity index (χ2v) is 5.25. The van der Waals surface area contributed by atoms with Crippen LogP contribution in [-0.4, -0.2) is 40.9 Å². The number of ether oxygens (including phenoxy) is 3. The van der Waals surface area contributed by atoms with E-state index in [4.69, 9.17) is 14.2 Å². The summed E-state index contributed by atoms with van der Waals surface area (Å²) in [5.74, 6) is 0.764. The molecule has 2 aromatic rings. The fourth-order valence-electron chi connectivity index (χ4n) is 2.53. The number of benzene rings is 1. The number of aromatic nitrogens is 3. The Balaban J connectivity index is 1.63. The van der Waals surface area contributed by atoms with Gasteiger partial charge in [0.05, 0.1) is 12.1 Å². The first-order valence-electron chi connectivity index (χ1n) is 7.12. The van der Waals surface area contributed by atoms with E-state index in [0.29, 0.717) is 6.61 Å². The average Bonchev–Trinajstić information content (AvgIpc) is 3.23. The molecular weight excluding hydrogens is 258 g/mol. The van der Waals surface area contributed by atoms with Crippen molar-refractivity contribution in [3.05, 3.63) is 18.2 Å². The van der Waals surface area contributed by atoms with Gasteiger partial charge in [-0.1, -0.05) is 11.3 Å². The zero-order chi connectivity index (χ0) is 13.4. The Labute approximate surface area is 116 Å². The van der Waals surface area contributed by atoms with Gasteiger partial charge in [-0.15, -0.1) is 5.10 Å². The molecule has 0 N–H and O–H groups in total. The second kappa shape index (κ2) is 5.03. The van der Waals surface area contributed by atoms with Crippen LogP contribution in [-0.2, 0) is 9.47 Å². The van der Waals surface area contributed by atoms with Crippen molar-refractivity contribution in [3.63, 3.8) is 0 Å². The molecule has 6 heteroatoms. The van der Waals surface area contributed by atoms with E-state index in [0.717, 1.165) is 42.8 Å². The van der Waals surface area contributed by atoms with Crippen molar-refractivity contribution < 1.29 is 14.2 Å². The Morgan fingerprint density at radius 3 is 3.05 bits per heavy atom. The van der Waals surface area contributed by atoms with Crippen LogP contribution in [0.2, 0.25) is 0 Å². The van der Waals surface area contributed by atoms with Gasteiger partial charge in [0.1, 0.15) is 18.5 Å². The minimum atomic E-state index is -0.00392. The lowest BCUT2D eigenvalue weighted by Crippen LogP contribution is -2.19. The molecule has 20 heavy (non-hydrogen) atoms. The van der Waals surface area contributed by atoms with Crippen LogP contribution in [0.25, 0.3) is 11.0 Å². The molecule has 2 aliphatic heterocycles. The fraction of sp³-hybridized carbons (Fsp3) is 0.571. The van der Waals surface area contributed by atoms with Crippen molar-refractivity contribution in [1.82, 2.24) is 15.0 Å². The molecule has 4 rings (SSSR count). The first-order chi connectivity index (χ1) is 9.92. The molecule has 2 atom stereocenters. The summed E-state index contributed by atoms with van der Waals surface area (Å²) in [5, 5.41) is 8.51. The summed E-state index contributed by atoms with van der Waals surface area (Å²) < 4.78 is 18.6. The van der Waals surface area contributed by atoms with Gasteiger partial charge in [0, 0.05) is 6.61 Å². The largest absolute Gasteiger partial charge is 0.488 e. The maximum atomic E-state index is 5.78. The van der Waals surface area contributed by atoms with E-state index in [9.17, 15) is 0 Å². The van der Waals surface area contributed by atoms with Gasteiger partial charge in [-0.2, -0.15) is 0 Å². The van der Waals surface area contributed by atoms with Gasteiger partial charge in [-0.25, -0.2) is 4.68 Å². The molecule has 0 radical (unpaired) electrons. The maximum Gasteiger partial charge on any atom is 0.155 e. The molecule has 2 saturated heterocycles. The van der Waals surface area contributed by atoms with Gasteiger partial charge >= 0.3 is 0 Å². The summed E-state index contributed by atoms with van der Waals surface area (Å²) in [6.45, 7) is 2.16. The molecule has 1 aromatic carbocycles. The molecule has 2 aliphatic rings. The van der Waals surface area contributed by atoms with Crippen LogP contribution >= 0.6 is 0 Å². The molecule has 106 valence electrons. The Hall–Kier alpha value is -1.66. The zero-order valence-corrected chi connectivity index (χ0v) is 11.2. The van der Waals surface area contributed by atoms with Crippen LogP contribution in [0.5, 0.6) is 5.75 Å². The number of hydrogen-bond donors (Lipinski definition) is 0. The lowest BCUT2D eigenvalue weighted by Gasteiger charge is -2.22. The van der Waals surface area contributed by atoms with E-state index in [2.05, 4.69) is 10.3 Å². The van der Waals surface area contributed by atoms with E-state index in [1.165, 1.54) is 6.42 Å². The molecule has 0 saturated carbocycles. The van der Waals surface area contributed by atoms with E-state index in [-0.39, 0.29) is 12.3 Å². The maximum absolute atomic E-state index is 5.78. The highest BCUT2D eigenvalue weighted by Crippen LogP contribution is 2.29. The van der Waals surface area contributed by atoms with Crippen molar-refractivity contribution in [3.8, 4) is 5.75 Å². The van der Waals surface area contributed by atoms with Gasteiger partial charge in [0.15, 0.2) is 11.7 Å². The SMILES string of the molecule is c1cc(OCC2CO2)c2nnn([C@H]3CCCCO3)c2c1. The van der Waals surface area contributed by atoms with Crippen molar-refractivity contribution in [2.75, 3.05) is 19.8 Å². The molecule has 1 unspecified atom stereocenters. The monoisotopic (exact) mass is 275 g/mol. The quantitative estimate of drug-likeness (QED) is 0.798.